The summed E-state index contributed by atoms with van der Waals surface area (Å²) in [6.07, 6.45) is -3.80. The fourth-order valence-electron chi connectivity index (χ4n) is 2.51. The first-order valence-electron chi connectivity index (χ1n) is 6.30. The number of ether oxygens (including phenoxy) is 1. The fourth-order valence-corrected chi connectivity index (χ4v) is 5.74. The summed E-state index contributed by atoms with van der Waals surface area (Å²) in [5.74, 6) is -1.74. The quantitative estimate of drug-likeness (QED) is 0.223. The number of β-lactam (4-membered cyclic amide) rings is 1. The van der Waals surface area contributed by atoms with E-state index in [1.165, 1.54) is 6.92 Å². The van der Waals surface area contributed by atoms with Crippen LogP contribution in [0.4, 0.5) is 4.79 Å². The minimum absolute atomic E-state index is 0.474. The molecule has 10 nitrogen and oxygen atoms in total. The molecule has 2 aliphatic heterocycles. The molecule has 2 saturated heterocycles. The molecule has 12 heteroatoms. The lowest BCUT2D eigenvalue weighted by Crippen LogP contribution is -2.63. The lowest BCUT2D eigenvalue weighted by atomic mass is 9.92. The molecule has 126 valence electrons. The summed E-state index contributed by atoms with van der Waals surface area (Å²) in [5, 5.41) is 17.0. The van der Waals surface area contributed by atoms with Gasteiger partial charge in [0.1, 0.15) is 6.73 Å². The van der Waals surface area contributed by atoms with Gasteiger partial charge in [-0.1, -0.05) is 0 Å². The number of thioether (sulfide) groups is 1. The largest absolute Gasteiger partial charge is 0.507 e. The van der Waals surface area contributed by atoms with Gasteiger partial charge in [0.05, 0.1) is 28.4 Å². The molecule has 2 aliphatic rings. The number of nitrogens with zero attached hydrogens (tertiary/aromatic N) is 1. The minimum atomic E-state index is -3.98. The molecular weight excluding hydrogens is 340 g/mol. The summed E-state index contributed by atoms with van der Waals surface area (Å²) in [7, 11) is -3.98. The van der Waals surface area contributed by atoms with Gasteiger partial charge in [-0.15, -0.1) is 11.8 Å². The maximum atomic E-state index is 12.0. The Morgan fingerprint density at radius 1 is 1.55 bits per heavy atom. The number of hydrogen-bond donors (Lipinski definition) is 3. The summed E-state index contributed by atoms with van der Waals surface area (Å²) in [6, 6.07) is 0. The normalized spacial score (nSPS) is 32.3. The highest BCUT2D eigenvalue weighted by atomic mass is 32.2. The Balaban J connectivity index is 2.18. The van der Waals surface area contributed by atoms with Gasteiger partial charge in [0, 0.05) is 0 Å². The zero-order valence-corrected chi connectivity index (χ0v) is 13.1. The zero-order valence-electron chi connectivity index (χ0n) is 11.5. The van der Waals surface area contributed by atoms with E-state index >= 15 is 0 Å². The molecule has 2 heterocycles. The summed E-state index contributed by atoms with van der Waals surface area (Å²) in [6.45, 7) is 0.904. The molecule has 4 N–H and O–H groups in total. The molecule has 3 unspecified atom stereocenters. The molecule has 5 atom stereocenters. The van der Waals surface area contributed by atoms with Gasteiger partial charge in [-0.3, -0.25) is 13.9 Å². The Morgan fingerprint density at radius 3 is 2.68 bits per heavy atom. The summed E-state index contributed by atoms with van der Waals surface area (Å²) in [5.41, 5.74) is 5.02. The van der Waals surface area contributed by atoms with Crippen LogP contribution in [0.3, 0.4) is 0 Å². The highest BCUT2D eigenvalue weighted by Crippen LogP contribution is 2.49. The van der Waals surface area contributed by atoms with Crippen molar-refractivity contribution in [3.63, 3.8) is 0 Å². The van der Waals surface area contributed by atoms with Crippen molar-refractivity contribution in [1.29, 1.82) is 0 Å². The third-order valence-electron chi connectivity index (χ3n) is 3.38. The Kier molecular flexibility index (Phi) is 4.87. The van der Waals surface area contributed by atoms with Crippen molar-refractivity contribution >= 4 is 33.9 Å². The maximum Gasteiger partial charge on any atom is 0.507 e. The maximum absolute atomic E-state index is 12.0. The number of aliphatic hydroxyl groups excluding tert-OH is 1. The summed E-state index contributed by atoms with van der Waals surface area (Å²) < 4.78 is 32.4. The number of amides is 1. The van der Waals surface area contributed by atoms with Crippen LogP contribution in [0.1, 0.15) is 6.92 Å². The lowest BCUT2D eigenvalue weighted by Gasteiger charge is -2.44. The number of fused-ring (bicyclic) bond motifs is 1. The van der Waals surface area contributed by atoms with Gasteiger partial charge in [-0.2, -0.15) is 8.42 Å². The third-order valence-corrected chi connectivity index (χ3v) is 6.41. The number of carboxylic acid groups (broad SMARTS) is 1. The standard InChI is InChI=1S/C10H16N2O8S2/c1-4(13)6-7(14)12-8(20-10(15)16)5(21-9(6)12)2-22(17,18)19-3-11/h4-6,8-9,13H,2-3,11H2,1H3,(H,15,16)/t4-,5?,6?,8?,9+/m1/s1. The van der Waals surface area contributed by atoms with E-state index < -0.39 is 63.5 Å². The number of rotatable bonds is 6. The first-order valence-corrected chi connectivity index (χ1v) is 8.82. The van der Waals surface area contributed by atoms with Gasteiger partial charge in [-0.05, 0) is 6.92 Å². The highest BCUT2D eigenvalue weighted by Gasteiger charge is 2.61. The second-order valence-electron chi connectivity index (χ2n) is 4.86. The molecule has 0 bridgehead atoms. The fraction of sp³-hybridized carbons (Fsp3) is 0.800. The van der Waals surface area contributed by atoms with Crippen molar-refractivity contribution in [3.8, 4) is 0 Å². The van der Waals surface area contributed by atoms with Crippen LogP contribution in [0.5, 0.6) is 0 Å². The first kappa shape index (κ1) is 17.3. The molecule has 0 radical (unpaired) electrons. The number of carbonyl (C=O) groups is 2. The molecule has 0 spiro atoms. The second kappa shape index (κ2) is 6.20. The van der Waals surface area contributed by atoms with Crippen molar-refractivity contribution in [2.45, 2.75) is 29.9 Å². The number of aliphatic hydroxyl groups is 1. The predicted molar refractivity (Wildman–Crippen MR) is 74.0 cm³/mol. The Labute approximate surface area is 130 Å². The van der Waals surface area contributed by atoms with E-state index in [2.05, 4.69) is 8.92 Å². The molecule has 2 fully saturated rings. The third kappa shape index (κ3) is 3.15. The van der Waals surface area contributed by atoms with E-state index in [1.54, 1.807) is 0 Å². The average Bonchev–Trinajstić information content (AvgIpc) is 2.61. The molecule has 2 rings (SSSR count). The number of carbonyl (C=O) groups excluding carboxylic acids is 1. The van der Waals surface area contributed by atoms with Crippen LogP contribution in [-0.4, -0.2) is 71.0 Å². The van der Waals surface area contributed by atoms with E-state index in [9.17, 15) is 23.1 Å². The zero-order chi connectivity index (χ0) is 16.7. The van der Waals surface area contributed by atoms with Crippen molar-refractivity contribution in [1.82, 2.24) is 4.90 Å². The van der Waals surface area contributed by atoms with Crippen LogP contribution in [0, 0.1) is 5.92 Å². The van der Waals surface area contributed by atoms with Crippen LogP contribution in [-0.2, 0) is 23.8 Å². The number of hydrogen-bond acceptors (Lipinski definition) is 9. The van der Waals surface area contributed by atoms with E-state index in [-0.39, 0.29) is 0 Å². The van der Waals surface area contributed by atoms with Gasteiger partial charge >= 0.3 is 6.16 Å². The topological polar surface area (TPSA) is 156 Å². The van der Waals surface area contributed by atoms with Crippen molar-refractivity contribution in [2.75, 3.05) is 12.5 Å². The average molecular weight is 356 g/mol. The first-order chi connectivity index (χ1) is 10.2. The van der Waals surface area contributed by atoms with E-state index in [0.29, 0.717) is 0 Å². The van der Waals surface area contributed by atoms with Crippen LogP contribution in [0.25, 0.3) is 0 Å². The van der Waals surface area contributed by atoms with Crippen LogP contribution in [0.15, 0.2) is 0 Å². The smallest absolute Gasteiger partial charge is 0.450 e. The van der Waals surface area contributed by atoms with Crippen molar-refractivity contribution in [2.24, 2.45) is 11.7 Å². The molecule has 22 heavy (non-hydrogen) atoms. The van der Waals surface area contributed by atoms with E-state index in [0.717, 1.165) is 16.7 Å². The molecule has 0 saturated carbocycles. The molecule has 0 aromatic rings. The summed E-state index contributed by atoms with van der Waals surface area (Å²) >= 11 is 1.06. The predicted octanol–water partition coefficient (Wildman–Crippen LogP) is -1.45. The second-order valence-corrected chi connectivity index (χ2v) is 7.91. The van der Waals surface area contributed by atoms with Crippen LogP contribution in [0.2, 0.25) is 0 Å². The SMILES string of the molecule is C[C@@H](O)C1C(=O)N2C(OC(=O)O)C(CS(=O)(=O)OCN)S[C@@H]12. The van der Waals surface area contributed by atoms with Crippen molar-refractivity contribution in [3.05, 3.63) is 0 Å². The van der Waals surface area contributed by atoms with Crippen molar-refractivity contribution < 1.29 is 37.1 Å². The molecule has 0 aliphatic carbocycles. The Morgan fingerprint density at radius 2 is 2.18 bits per heavy atom. The van der Waals surface area contributed by atoms with Gasteiger partial charge in [0.15, 0.2) is 6.23 Å². The van der Waals surface area contributed by atoms with Gasteiger partial charge in [0.2, 0.25) is 5.91 Å². The number of nitrogens with two attached hydrogens (primary N) is 1. The van der Waals surface area contributed by atoms with Gasteiger partial charge in [0.25, 0.3) is 10.1 Å². The van der Waals surface area contributed by atoms with Gasteiger partial charge < -0.3 is 20.7 Å². The Hall–Kier alpha value is -1.08. The van der Waals surface area contributed by atoms with Crippen LogP contribution < -0.4 is 5.73 Å². The lowest BCUT2D eigenvalue weighted by molar-refractivity contribution is -0.171. The monoisotopic (exact) mass is 356 g/mol. The van der Waals surface area contributed by atoms with Gasteiger partial charge in [-0.25, -0.2) is 4.79 Å². The van der Waals surface area contributed by atoms with E-state index in [4.69, 9.17) is 10.8 Å². The molecular formula is C10H16N2O8S2. The Bertz CT molecular complexity index is 565. The van der Waals surface area contributed by atoms with E-state index in [1.807, 2.05) is 0 Å². The molecule has 0 aromatic heterocycles. The highest BCUT2D eigenvalue weighted by molar-refractivity contribution is 8.01. The molecule has 0 aromatic carbocycles. The van der Waals surface area contributed by atoms with Crippen LogP contribution >= 0.6 is 11.8 Å². The summed E-state index contributed by atoms with van der Waals surface area (Å²) in [4.78, 5) is 23.9. The molecule has 1 amide bonds. The minimum Gasteiger partial charge on any atom is -0.450 e.